The van der Waals surface area contributed by atoms with Gasteiger partial charge in [-0.05, 0) is 24.6 Å². The van der Waals surface area contributed by atoms with Gasteiger partial charge in [-0.3, -0.25) is 4.79 Å². The molecule has 0 spiro atoms. The Kier molecular flexibility index (Phi) is 4.93. The number of amides is 1. The molecule has 0 aromatic heterocycles. The van der Waals surface area contributed by atoms with Crippen LogP contribution in [0, 0.1) is 0 Å². The first kappa shape index (κ1) is 16.2. The Morgan fingerprint density at radius 3 is 2.79 bits per heavy atom. The highest BCUT2D eigenvalue weighted by atomic mass is 19.3. The minimum absolute atomic E-state index is 0.209. The summed E-state index contributed by atoms with van der Waals surface area (Å²) in [4.78, 5) is 12.7. The summed E-state index contributed by atoms with van der Waals surface area (Å²) in [6.45, 7) is -0.258. The lowest BCUT2D eigenvalue weighted by Gasteiger charge is -2.25. The highest BCUT2D eigenvalue weighted by Gasteiger charge is 2.28. The van der Waals surface area contributed by atoms with E-state index in [4.69, 9.17) is 9.47 Å². The van der Waals surface area contributed by atoms with Crippen LogP contribution >= 0.6 is 0 Å². The second-order valence-corrected chi connectivity index (χ2v) is 5.42. The number of benzene rings is 2. The lowest BCUT2D eigenvalue weighted by atomic mass is 9.92. The monoisotopic (exact) mass is 333 g/mol. The Balaban J connectivity index is 1.76. The van der Waals surface area contributed by atoms with Gasteiger partial charge in [-0.25, -0.2) is 8.78 Å². The van der Waals surface area contributed by atoms with E-state index in [-0.39, 0.29) is 17.6 Å². The third-order valence-electron chi connectivity index (χ3n) is 3.78. The van der Waals surface area contributed by atoms with Crippen LogP contribution in [-0.2, 0) is 4.79 Å². The Morgan fingerprint density at radius 1 is 1.21 bits per heavy atom. The zero-order chi connectivity index (χ0) is 16.9. The third-order valence-corrected chi connectivity index (χ3v) is 3.78. The molecule has 2 aromatic carbocycles. The number of halogens is 2. The van der Waals surface area contributed by atoms with Crippen molar-refractivity contribution in [1.29, 1.82) is 0 Å². The molecule has 1 N–H and O–H groups in total. The molecule has 0 radical (unpaired) electrons. The number of carbonyl (C=O) groups excluding carboxylic acids is 1. The Labute approximate surface area is 138 Å². The Hall–Kier alpha value is -2.63. The molecule has 24 heavy (non-hydrogen) atoms. The normalized spacial score (nSPS) is 16.2. The number of ether oxygens (including phenoxy) is 2. The van der Waals surface area contributed by atoms with E-state index < -0.39 is 13.0 Å². The van der Waals surface area contributed by atoms with Crippen LogP contribution in [0.1, 0.15) is 17.9 Å². The summed E-state index contributed by atoms with van der Waals surface area (Å²) >= 11 is 0. The molecule has 0 saturated carbocycles. The molecule has 0 bridgehead atoms. The van der Waals surface area contributed by atoms with E-state index in [9.17, 15) is 13.6 Å². The zero-order valence-corrected chi connectivity index (χ0v) is 12.9. The van der Waals surface area contributed by atoms with Gasteiger partial charge in [0.1, 0.15) is 18.1 Å². The van der Waals surface area contributed by atoms with Gasteiger partial charge in [0.25, 0.3) is 6.43 Å². The van der Waals surface area contributed by atoms with Crippen LogP contribution in [0.3, 0.4) is 0 Å². The summed E-state index contributed by atoms with van der Waals surface area (Å²) in [6, 6.07) is 14.0. The maximum Gasteiger partial charge on any atom is 0.272 e. The van der Waals surface area contributed by atoms with Crippen molar-refractivity contribution in [1.82, 2.24) is 0 Å². The highest BCUT2D eigenvalue weighted by Crippen LogP contribution is 2.35. The predicted molar refractivity (Wildman–Crippen MR) is 85.9 cm³/mol. The fraction of sp³-hybridized carbons (Fsp3) is 0.278. The molecule has 0 aliphatic carbocycles. The van der Waals surface area contributed by atoms with Gasteiger partial charge in [0.15, 0.2) is 0 Å². The van der Waals surface area contributed by atoms with Gasteiger partial charge in [0.2, 0.25) is 5.91 Å². The lowest BCUT2D eigenvalue weighted by Crippen LogP contribution is -2.26. The molecule has 1 aliphatic rings. The van der Waals surface area contributed by atoms with Crippen molar-refractivity contribution >= 4 is 11.6 Å². The first-order chi connectivity index (χ1) is 11.6. The van der Waals surface area contributed by atoms with E-state index in [1.165, 1.54) is 0 Å². The summed E-state index contributed by atoms with van der Waals surface area (Å²) in [5.74, 6) is 0.370. The first-order valence-corrected chi connectivity index (χ1v) is 7.67. The van der Waals surface area contributed by atoms with Gasteiger partial charge in [-0.2, -0.15) is 0 Å². The number of anilines is 1. The molecule has 1 heterocycles. The van der Waals surface area contributed by atoms with Crippen LogP contribution in [0.5, 0.6) is 11.5 Å². The average Bonchev–Trinajstić information content (AvgIpc) is 2.60. The van der Waals surface area contributed by atoms with Gasteiger partial charge >= 0.3 is 0 Å². The number of para-hydroxylation sites is 3. The van der Waals surface area contributed by atoms with Crippen LogP contribution in [-0.4, -0.2) is 25.5 Å². The standard InChI is InChI=1S/C18H17F2NO3/c19-17(20)11-24-16-8-4-2-6-14(16)21-18(22)13-9-10-23-15-7-3-1-5-12(13)15/h1-8,13,17H,9-11H2,(H,21,22)/t13-/m1/s1. The van der Waals surface area contributed by atoms with Gasteiger partial charge < -0.3 is 14.8 Å². The molecule has 1 atom stereocenters. The van der Waals surface area contributed by atoms with Crippen molar-refractivity contribution in [3.8, 4) is 11.5 Å². The highest BCUT2D eigenvalue weighted by molar-refractivity contribution is 5.97. The number of carbonyl (C=O) groups is 1. The average molecular weight is 333 g/mol. The molecule has 1 aliphatic heterocycles. The minimum Gasteiger partial charge on any atom is -0.493 e. The fourth-order valence-corrected chi connectivity index (χ4v) is 2.68. The molecular formula is C18H17F2NO3. The van der Waals surface area contributed by atoms with Crippen molar-refractivity contribution < 1.29 is 23.0 Å². The number of fused-ring (bicyclic) bond motifs is 1. The number of hydrogen-bond acceptors (Lipinski definition) is 3. The van der Waals surface area contributed by atoms with E-state index in [1.807, 2.05) is 24.3 Å². The summed E-state index contributed by atoms with van der Waals surface area (Å²) in [7, 11) is 0. The van der Waals surface area contributed by atoms with E-state index >= 15 is 0 Å². The summed E-state index contributed by atoms with van der Waals surface area (Å²) in [6.07, 6.45) is -2.01. The van der Waals surface area contributed by atoms with Crippen LogP contribution < -0.4 is 14.8 Å². The topological polar surface area (TPSA) is 47.6 Å². The SMILES string of the molecule is O=C(Nc1ccccc1OCC(F)F)[C@@H]1CCOc2ccccc21. The van der Waals surface area contributed by atoms with Crippen LogP contribution in [0.15, 0.2) is 48.5 Å². The molecule has 0 fully saturated rings. The molecule has 0 unspecified atom stereocenters. The van der Waals surface area contributed by atoms with Crippen LogP contribution in [0.25, 0.3) is 0 Å². The zero-order valence-electron chi connectivity index (χ0n) is 12.9. The second kappa shape index (κ2) is 7.29. The van der Waals surface area contributed by atoms with Gasteiger partial charge in [0, 0.05) is 5.56 Å². The number of hydrogen-bond donors (Lipinski definition) is 1. The molecule has 4 nitrogen and oxygen atoms in total. The summed E-state index contributed by atoms with van der Waals surface area (Å²) in [5.41, 5.74) is 1.21. The van der Waals surface area contributed by atoms with Crippen molar-refractivity contribution in [3.05, 3.63) is 54.1 Å². The van der Waals surface area contributed by atoms with Crippen molar-refractivity contribution in [2.24, 2.45) is 0 Å². The maximum atomic E-state index is 12.7. The molecule has 126 valence electrons. The molecular weight excluding hydrogens is 316 g/mol. The first-order valence-electron chi connectivity index (χ1n) is 7.67. The summed E-state index contributed by atoms with van der Waals surface area (Å²) in [5, 5.41) is 2.78. The smallest absolute Gasteiger partial charge is 0.272 e. The minimum atomic E-state index is -2.57. The van der Waals surface area contributed by atoms with Gasteiger partial charge in [-0.1, -0.05) is 30.3 Å². The molecule has 1 amide bonds. The Morgan fingerprint density at radius 2 is 1.96 bits per heavy atom. The summed E-state index contributed by atoms with van der Waals surface area (Å²) < 4.78 is 35.3. The number of rotatable bonds is 5. The van der Waals surface area contributed by atoms with Crippen LogP contribution in [0.2, 0.25) is 0 Å². The van der Waals surface area contributed by atoms with Crippen LogP contribution in [0.4, 0.5) is 14.5 Å². The molecule has 0 saturated heterocycles. The van der Waals surface area contributed by atoms with E-state index in [2.05, 4.69) is 5.32 Å². The van der Waals surface area contributed by atoms with E-state index in [1.54, 1.807) is 24.3 Å². The van der Waals surface area contributed by atoms with Crippen molar-refractivity contribution in [2.45, 2.75) is 18.8 Å². The Bertz CT molecular complexity index is 721. The number of nitrogens with one attached hydrogen (secondary N) is 1. The predicted octanol–water partition coefficient (Wildman–Crippen LogP) is 3.84. The largest absolute Gasteiger partial charge is 0.493 e. The number of alkyl halides is 2. The van der Waals surface area contributed by atoms with Gasteiger partial charge in [-0.15, -0.1) is 0 Å². The molecule has 6 heteroatoms. The quantitative estimate of drug-likeness (QED) is 0.904. The fourth-order valence-electron chi connectivity index (χ4n) is 2.68. The van der Waals surface area contributed by atoms with E-state index in [0.29, 0.717) is 24.5 Å². The lowest BCUT2D eigenvalue weighted by molar-refractivity contribution is -0.118. The van der Waals surface area contributed by atoms with Crippen molar-refractivity contribution in [3.63, 3.8) is 0 Å². The second-order valence-electron chi connectivity index (χ2n) is 5.42. The third kappa shape index (κ3) is 3.64. The van der Waals surface area contributed by atoms with E-state index in [0.717, 1.165) is 5.56 Å². The van der Waals surface area contributed by atoms with Crippen molar-refractivity contribution in [2.75, 3.05) is 18.5 Å². The maximum absolute atomic E-state index is 12.7. The molecule has 2 aromatic rings. The van der Waals surface area contributed by atoms with Gasteiger partial charge in [0.05, 0.1) is 18.2 Å². The molecule has 3 rings (SSSR count).